The Kier molecular flexibility index (Phi) is 4.07. The highest BCUT2D eigenvalue weighted by Gasteiger charge is 2.03. The number of hydrogen-bond acceptors (Lipinski definition) is 2. The van der Waals surface area contributed by atoms with Crippen molar-refractivity contribution >= 4 is 11.6 Å². The summed E-state index contributed by atoms with van der Waals surface area (Å²) in [4.78, 5) is 15.9. The van der Waals surface area contributed by atoms with Gasteiger partial charge in [-0.05, 0) is 31.0 Å². The Morgan fingerprint density at radius 2 is 1.94 bits per heavy atom. The molecule has 0 atom stereocenters. The Morgan fingerprint density at radius 1 is 1.17 bits per heavy atom. The summed E-state index contributed by atoms with van der Waals surface area (Å²) in [5.74, 6) is 0.0181. The fourth-order valence-electron chi connectivity index (χ4n) is 1.67. The molecule has 0 aliphatic rings. The monoisotopic (exact) mass is 240 g/mol. The van der Waals surface area contributed by atoms with Gasteiger partial charge in [0.1, 0.15) is 0 Å². The van der Waals surface area contributed by atoms with E-state index in [0.717, 1.165) is 17.8 Å². The molecule has 92 valence electrons. The first-order valence-electron chi connectivity index (χ1n) is 6.00. The Labute approximate surface area is 107 Å². The Morgan fingerprint density at radius 3 is 2.61 bits per heavy atom. The van der Waals surface area contributed by atoms with Gasteiger partial charge in [0, 0.05) is 12.1 Å². The van der Waals surface area contributed by atoms with Crippen molar-refractivity contribution in [3.05, 3.63) is 59.9 Å². The molecular weight excluding hydrogens is 224 g/mol. The van der Waals surface area contributed by atoms with Crippen molar-refractivity contribution in [1.29, 1.82) is 0 Å². The fourth-order valence-corrected chi connectivity index (χ4v) is 1.67. The average molecular weight is 240 g/mol. The minimum atomic E-state index is 0.0181. The molecule has 1 aromatic carbocycles. The zero-order chi connectivity index (χ0) is 12.8. The molecule has 18 heavy (non-hydrogen) atoms. The third kappa shape index (κ3) is 3.70. The summed E-state index contributed by atoms with van der Waals surface area (Å²) < 4.78 is 0. The van der Waals surface area contributed by atoms with Gasteiger partial charge < -0.3 is 5.32 Å². The normalized spacial score (nSPS) is 10.1. The Balaban J connectivity index is 1.84. The number of aromatic nitrogens is 1. The van der Waals surface area contributed by atoms with Crippen molar-refractivity contribution < 1.29 is 4.79 Å². The maximum atomic E-state index is 11.7. The maximum absolute atomic E-state index is 11.7. The number of aryl methyl sites for hydroxylation is 2. The summed E-state index contributed by atoms with van der Waals surface area (Å²) in [5.41, 5.74) is 2.87. The molecule has 0 saturated heterocycles. The van der Waals surface area contributed by atoms with Crippen LogP contribution < -0.4 is 5.32 Å². The molecule has 0 spiro atoms. The van der Waals surface area contributed by atoms with Crippen LogP contribution in [0.5, 0.6) is 0 Å². The third-order valence-electron chi connectivity index (χ3n) is 2.68. The summed E-state index contributed by atoms with van der Waals surface area (Å²) >= 11 is 0. The SMILES string of the molecule is Cc1ccc(NC(=O)CCc2ccccc2)cn1. The number of nitrogens with zero attached hydrogens (tertiary/aromatic N) is 1. The molecule has 0 saturated carbocycles. The van der Waals surface area contributed by atoms with E-state index in [1.807, 2.05) is 49.4 Å². The van der Waals surface area contributed by atoms with E-state index in [-0.39, 0.29) is 5.91 Å². The molecule has 3 nitrogen and oxygen atoms in total. The molecule has 0 unspecified atom stereocenters. The largest absolute Gasteiger partial charge is 0.325 e. The van der Waals surface area contributed by atoms with Gasteiger partial charge in [0.15, 0.2) is 0 Å². The van der Waals surface area contributed by atoms with Crippen LogP contribution in [0.4, 0.5) is 5.69 Å². The number of rotatable bonds is 4. The van der Waals surface area contributed by atoms with Gasteiger partial charge >= 0.3 is 0 Å². The minimum Gasteiger partial charge on any atom is -0.325 e. The topological polar surface area (TPSA) is 42.0 Å². The number of amides is 1. The Hall–Kier alpha value is -2.16. The van der Waals surface area contributed by atoms with Crippen LogP contribution in [-0.2, 0) is 11.2 Å². The van der Waals surface area contributed by atoms with Crippen LogP contribution >= 0.6 is 0 Å². The van der Waals surface area contributed by atoms with Crippen molar-refractivity contribution in [2.24, 2.45) is 0 Å². The molecule has 0 aliphatic heterocycles. The van der Waals surface area contributed by atoms with Gasteiger partial charge in [0.05, 0.1) is 11.9 Å². The summed E-state index contributed by atoms with van der Waals surface area (Å²) in [7, 11) is 0. The van der Waals surface area contributed by atoms with E-state index >= 15 is 0 Å². The second kappa shape index (κ2) is 5.96. The lowest BCUT2D eigenvalue weighted by molar-refractivity contribution is -0.116. The second-order valence-electron chi connectivity index (χ2n) is 4.22. The zero-order valence-corrected chi connectivity index (χ0v) is 10.4. The minimum absolute atomic E-state index is 0.0181. The van der Waals surface area contributed by atoms with Crippen LogP contribution in [0.15, 0.2) is 48.7 Å². The lowest BCUT2D eigenvalue weighted by Gasteiger charge is -2.05. The first-order valence-corrected chi connectivity index (χ1v) is 6.00. The van der Waals surface area contributed by atoms with Gasteiger partial charge in [-0.15, -0.1) is 0 Å². The molecule has 1 heterocycles. The van der Waals surface area contributed by atoms with E-state index in [9.17, 15) is 4.79 Å². The first kappa shape index (κ1) is 12.3. The van der Waals surface area contributed by atoms with Crippen molar-refractivity contribution in [3.63, 3.8) is 0 Å². The predicted octanol–water partition coefficient (Wildman–Crippen LogP) is 2.96. The summed E-state index contributed by atoms with van der Waals surface area (Å²) in [5, 5.41) is 2.84. The molecule has 0 aliphatic carbocycles. The Bertz CT molecular complexity index is 506. The molecule has 2 aromatic rings. The molecular formula is C15H16N2O. The smallest absolute Gasteiger partial charge is 0.224 e. The standard InChI is InChI=1S/C15H16N2O/c1-12-7-9-14(11-16-12)17-15(18)10-8-13-5-3-2-4-6-13/h2-7,9,11H,8,10H2,1H3,(H,17,18). The van der Waals surface area contributed by atoms with Crippen LogP contribution in [0.25, 0.3) is 0 Å². The number of hydrogen-bond donors (Lipinski definition) is 1. The number of benzene rings is 1. The molecule has 0 radical (unpaired) electrons. The van der Waals surface area contributed by atoms with E-state index in [0.29, 0.717) is 6.42 Å². The highest BCUT2D eigenvalue weighted by Crippen LogP contribution is 2.07. The van der Waals surface area contributed by atoms with E-state index in [2.05, 4.69) is 10.3 Å². The van der Waals surface area contributed by atoms with Crippen molar-refractivity contribution in [2.75, 3.05) is 5.32 Å². The van der Waals surface area contributed by atoms with Crippen molar-refractivity contribution in [1.82, 2.24) is 4.98 Å². The summed E-state index contributed by atoms with van der Waals surface area (Å²) in [6, 6.07) is 13.7. The van der Waals surface area contributed by atoms with Gasteiger partial charge in [0.25, 0.3) is 0 Å². The van der Waals surface area contributed by atoms with Gasteiger partial charge in [-0.1, -0.05) is 30.3 Å². The van der Waals surface area contributed by atoms with Crippen LogP contribution in [0.3, 0.4) is 0 Å². The van der Waals surface area contributed by atoms with Crippen molar-refractivity contribution in [3.8, 4) is 0 Å². The highest BCUT2D eigenvalue weighted by molar-refractivity contribution is 5.90. The number of pyridine rings is 1. The highest BCUT2D eigenvalue weighted by atomic mass is 16.1. The molecule has 1 N–H and O–H groups in total. The van der Waals surface area contributed by atoms with E-state index < -0.39 is 0 Å². The number of nitrogens with one attached hydrogen (secondary N) is 1. The number of carbonyl (C=O) groups excluding carboxylic acids is 1. The van der Waals surface area contributed by atoms with Crippen LogP contribution in [0.2, 0.25) is 0 Å². The lowest BCUT2D eigenvalue weighted by Crippen LogP contribution is -2.12. The summed E-state index contributed by atoms with van der Waals surface area (Å²) in [6.45, 7) is 1.92. The molecule has 0 fully saturated rings. The van der Waals surface area contributed by atoms with Gasteiger partial charge in [-0.25, -0.2) is 0 Å². The van der Waals surface area contributed by atoms with E-state index in [1.165, 1.54) is 5.56 Å². The third-order valence-corrected chi connectivity index (χ3v) is 2.68. The summed E-state index contributed by atoms with van der Waals surface area (Å²) in [6.07, 6.45) is 2.92. The number of carbonyl (C=O) groups is 1. The lowest BCUT2D eigenvalue weighted by atomic mass is 10.1. The molecule has 1 amide bonds. The van der Waals surface area contributed by atoms with Gasteiger partial charge in [-0.2, -0.15) is 0 Å². The molecule has 0 bridgehead atoms. The zero-order valence-electron chi connectivity index (χ0n) is 10.4. The molecule has 3 heteroatoms. The fraction of sp³-hybridized carbons (Fsp3) is 0.200. The quantitative estimate of drug-likeness (QED) is 0.892. The van der Waals surface area contributed by atoms with E-state index in [1.54, 1.807) is 6.20 Å². The van der Waals surface area contributed by atoms with Crippen LogP contribution in [0, 0.1) is 6.92 Å². The number of anilines is 1. The first-order chi connectivity index (χ1) is 8.74. The molecule has 1 aromatic heterocycles. The predicted molar refractivity (Wildman–Crippen MR) is 72.4 cm³/mol. The molecule has 2 rings (SSSR count). The van der Waals surface area contributed by atoms with Crippen LogP contribution in [0.1, 0.15) is 17.7 Å². The van der Waals surface area contributed by atoms with Gasteiger partial charge in [-0.3, -0.25) is 9.78 Å². The average Bonchev–Trinajstić information content (AvgIpc) is 2.40. The van der Waals surface area contributed by atoms with Gasteiger partial charge in [0.2, 0.25) is 5.91 Å². The maximum Gasteiger partial charge on any atom is 0.224 e. The van der Waals surface area contributed by atoms with Crippen LogP contribution in [-0.4, -0.2) is 10.9 Å². The second-order valence-corrected chi connectivity index (χ2v) is 4.22. The van der Waals surface area contributed by atoms with E-state index in [4.69, 9.17) is 0 Å². The van der Waals surface area contributed by atoms with Crippen molar-refractivity contribution in [2.45, 2.75) is 19.8 Å².